The Morgan fingerprint density at radius 2 is 1.43 bits per heavy atom. The molecule has 0 aromatic heterocycles. The summed E-state index contributed by atoms with van der Waals surface area (Å²) in [6, 6.07) is 8.36. The van der Waals surface area contributed by atoms with E-state index in [9.17, 15) is 0 Å². The first-order valence-electron chi connectivity index (χ1n) is 3.86. The van der Waals surface area contributed by atoms with E-state index < -0.39 is 0 Å². The second kappa shape index (κ2) is 12.3. The van der Waals surface area contributed by atoms with E-state index >= 15 is 0 Å². The van der Waals surface area contributed by atoms with Gasteiger partial charge in [0.2, 0.25) is 0 Å². The summed E-state index contributed by atoms with van der Waals surface area (Å²) in [7, 11) is 0. The predicted molar refractivity (Wildman–Crippen MR) is 61.2 cm³/mol. The Morgan fingerprint density at radius 1 is 1.21 bits per heavy atom. The van der Waals surface area contributed by atoms with Gasteiger partial charge in [-0.15, -0.1) is 23.2 Å². The van der Waals surface area contributed by atoms with Gasteiger partial charge in [0.15, 0.2) is 0 Å². The van der Waals surface area contributed by atoms with Gasteiger partial charge in [0.25, 0.3) is 6.47 Å². The van der Waals surface area contributed by atoms with E-state index in [1.165, 1.54) is 11.1 Å². The summed E-state index contributed by atoms with van der Waals surface area (Å²) in [5.41, 5.74) is 2.74. The van der Waals surface area contributed by atoms with Crippen LogP contribution in [0.4, 0.5) is 0 Å². The fourth-order valence-electron chi connectivity index (χ4n) is 0.663. The second-order valence-corrected chi connectivity index (χ2v) is 3.10. The number of hydrogen-bond acceptors (Lipinski definition) is 1. The molecule has 0 amide bonds. The van der Waals surface area contributed by atoms with Gasteiger partial charge < -0.3 is 5.11 Å². The van der Waals surface area contributed by atoms with Crippen LogP contribution in [-0.2, 0) is 4.79 Å². The molecule has 0 saturated carbocycles. The first-order valence-corrected chi connectivity index (χ1v) is 4.92. The molecular weight excluding hydrogens is 223 g/mol. The van der Waals surface area contributed by atoms with E-state index in [1.54, 1.807) is 0 Å². The number of carboxylic acid groups (broad SMARTS) is 1. The van der Waals surface area contributed by atoms with E-state index in [-0.39, 0.29) is 11.8 Å². The molecule has 1 aromatic carbocycles. The fourth-order valence-corrected chi connectivity index (χ4v) is 0.663. The standard InChI is InChI=1S/C8H10.CH2Cl2.CH2O2/c1-7-5-3-4-6-8(7)2;2*2-1-3/h3-6H,1-2H3;1H2;1H,(H,2,3). The van der Waals surface area contributed by atoms with Crippen LogP contribution in [0.2, 0.25) is 0 Å². The molecule has 0 heterocycles. The van der Waals surface area contributed by atoms with E-state index in [4.69, 9.17) is 33.1 Å². The third-order valence-corrected chi connectivity index (χ3v) is 1.43. The zero-order chi connectivity index (χ0) is 11.4. The molecule has 0 aliphatic heterocycles. The summed E-state index contributed by atoms with van der Waals surface area (Å²) in [6.07, 6.45) is 0. The van der Waals surface area contributed by atoms with E-state index in [0.717, 1.165) is 0 Å². The molecule has 1 N–H and O–H groups in total. The topological polar surface area (TPSA) is 37.3 Å². The maximum absolute atomic E-state index is 8.36. The van der Waals surface area contributed by atoms with Crippen molar-refractivity contribution in [2.45, 2.75) is 13.8 Å². The highest BCUT2D eigenvalue weighted by atomic mass is 35.5. The van der Waals surface area contributed by atoms with Crippen LogP contribution in [0.1, 0.15) is 11.1 Å². The number of rotatable bonds is 0. The Kier molecular flexibility index (Phi) is 13.8. The lowest BCUT2D eigenvalue weighted by atomic mass is 10.1. The lowest BCUT2D eigenvalue weighted by molar-refractivity contribution is -0.122. The Bertz CT molecular complexity index is 218. The first kappa shape index (κ1) is 15.7. The summed E-state index contributed by atoms with van der Waals surface area (Å²) in [6.45, 7) is 3.99. The molecule has 4 heteroatoms. The van der Waals surface area contributed by atoms with Gasteiger partial charge in [-0.05, 0) is 25.0 Å². The third kappa shape index (κ3) is 11.3. The van der Waals surface area contributed by atoms with Crippen LogP contribution < -0.4 is 0 Å². The fraction of sp³-hybridized carbons (Fsp3) is 0.300. The molecule has 1 rings (SSSR count). The normalized spacial score (nSPS) is 7.43. The average Bonchev–Trinajstić information content (AvgIpc) is 2.13. The van der Waals surface area contributed by atoms with Crippen LogP contribution >= 0.6 is 23.2 Å². The van der Waals surface area contributed by atoms with Gasteiger partial charge in [-0.25, -0.2) is 0 Å². The monoisotopic (exact) mass is 236 g/mol. The van der Waals surface area contributed by atoms with Crippen molar-refractivity contribution in [3.8, 4) is 0 Å². The smallest absolute Gasteiger partial charge is 0.290 e. The first-order chi connectivity index (χ1) is 6.63. The molecule has 0 unspecified atom stereocenters. The average molecular weight is 237 g/mol. The highest BCUT2D eigenvalue weighted by molar-refractivity contribution is 6.40. The van der Waals surface area contributed by atoms with Crippen LogP contribution in [0.5, 0.6) is 0 Å². The Morgan fingerprint density at radius 3 is 1.57 bits per heavy atom. The van der Waals surface area contributed by atoms with Crippen molar-refractivity contribution in [2.75, 3.05) is 5.34 Å². The summed E-state index contributed by atoms with van der Waals surface area (Å²) >= 11 is 9.53. The molecule has 0 radical (unpaired) electrons. The zero-order valence-electron chi connectivity index (χ0n) is 8.21. The number of aryl methyl sites for hydroxylation is 2. The largest absolute Gasteiger partial charge is 0.483 e. The minimum Gasteiger partial charge on any atom is -0.483 e. The van der Waals surface area contributed by atoms with Crippen molar-refractivity contribution in [2.24, 2.45) is 0 Å². The summed E-state index contributed by atoms with van der Waals surface area (Å²) in [5, 5.41) is 7.08. The van der Waals surface area contributed by atoms with Crippen molar-refractivity contribution < 1.29 is 9.90 Å². The third-order valence-electron chi connectivity index (χ3n) is 1.43. The molecule has 0 saturated heterocycles. The molecule has 1 aromatic rings. The van der Waals surface area contributed by atoms with Gasteiger partial charge in [-0.2, -0.15) is 0 Å². The van der Waals surface area contributed by atoms with E-state index in [2.05, 4.69) is 38.1 Å². The summed E-state index contributed by atoms with van der Waals surface area (Å²) in [5.74, 6) is 0. The van der Waals surface area contributed by atoms with Gasteiger partial charge in [0.05, 0.1) is 5.34 Å². The number of hydrogen-bond donors (Lipinski definition) is 1. The van der Waals surface area contributed by atoms with E-state index in [0.29, 0.717) is 0 Å². The van der Waals surface area contributed by atoms with Crippen LogP contribution in [-0.4, -0.2) is 16.9 Å². The molecule has 14 heavy (non-hydrogen) atoms. The van der Waals surface area contributed by atoms with Crippen LogP contribution in [0.3, 0.4) is 0 Å². The van der Waals surface area contributed by atoms with Gasteiger partial charge in [-0.1, -0.05) is 24.3 Å². The Labute approximate surface area is 94.5 Å². The van der Waals surface area contributed by atoms with Crippen molar-refractivity contribution in [1.29, 1.82) is 0 Å². The minimum absolute atomic E-state index is 0.194. The van der Waals surface area contributed by atoms with Crippen molar-refractivity contribution >= 4 is 29.7 Å². The van der Waals surface area contributed by atoms with Gasteiger partial charge >= 0.3 is 0 Å². The Hall–Kier alpha value is -0.730. The number of benzene rings is 1. The maximum Gasteiger partial charge on any atom is 0.290 e. The van der Waals surface area contributed by atoms with Crippen LogP contribution in [0.25, 0.3) is 0 Å². The molecule has 80 valence electrons. The highest BCUT2D eigenvalue weighted by Crippen LogP contribution is 2.02. The lowest BCUT2D eigenvalue weighted by Crippen LogP contribution is -1.74. The second-order valence-electron chi connectivity index (χ2n) is 2.29. The van der Waals surface area contributed by atoms with Crippen LogP contribution in [0.15, 0.2) is 24.3 Å². The molecule has 0 bridgehead atoms. The minimum atomic E-state index is -0.250. The van der Waals surface area contributed by atoms with Crippen molar-refractivity contribution in [1.82, 2.24) is 0 Å². The number of carbonyl (C=O) groups is 1. The van der Waals surface area contributed by atoms with Crippen molar-refractivity contribution in [3.63, 3.8) is 0 Å². The SMILES string of the molecule is Cc1ccccc1C.ClCCl.O=CO. The molecular formula is C10H14Cl2O2. The lowest BCUT2D eigenvalue weighted by Gasteiger charge is -1.93. The molecule has 0 fully saturated rings. The Balaban J connectivity index is 0. The quantitative estimate of drug-likeness (QED) is 0.554. The van der Waals surface area contributed by atoms with E-state index in [1.807, 2.05) is 0 Å². The molecule has 0 atom stereocenters. The molecule has 0 spiro atoms. The van der Waals surface area contributed by atoms with Crippen molar-refractivity contribution in [3.05, 3.63) is 35.4 Å². The molecule has 0 aliphatic carbocycles. The number of alkyl halides is 2. The summed E-state index contributed by atoms with van der Waals surface area (Å²) < 4.78 is 0. The maximum atomic E-state index is 8.36. The van der Waals surface area contributed by atoms with Gasteiger partial charge in [-0.3, -0.25) is 4.79 Å². The molecule has 2 nitrogen and oxygen atoms in total. The summed E-state index contributed by atoms with van der Waals surface area (Å²) in [4.78, 5) is 8.36. The number of halogens is 2. The zero-order valence-corrected chi connectivity index (χ0v) is 9.72. The van der Waals surface area contributed by atoms with Gasteiger partial charge in [0, 0.05) is 0 Å². The van der Waals surface area contributed by atoms with Gasteiger partial charge in [0.1, 0.15) is 0 Å². The van der Waals surface area contributed by atoms with Crippen LogP contribution in [0, 0.1) is 13.8 Å². The molecule has 0 aliphatic rings. The highest BCUT2D eigenvalue weighted by Gasteiger charge is 1.83. The predicted octanol–water partition coefficient (Wildman–Crippen LogP) is 3.43.